The molecule has 3 unspecified atom stereocenters. The van der Waals surface area contributed by atoms with Crippen LogP contribution in [-0.2, 0) is 4.79 Å². The highest BCUT2D eigenvalue weighted by Crippen LogP contribution is 2.14. The van der Waals surface area contributed by atoms with Crippen molar-refractivity contribution in [1.29, 1.82) is 0 Å². The average molecular weight is 285 g/mol. The Morgan fingerprint density at radius 3 is 2.74 bits per heavy atom. The van der Waals surface area contributed by atoms with Crippen molar-refractivity contribution in [3.63, 3.8) is 0 Å². The molecule has 0 spiro atoms. The molecule has 0 aliphatic carbocycles. The van der Waals surface area contributed by atoms with E-state index in [2.05, 4.69) is 17.6 Å². The number of piperidine rings is 1. The summed E-state index contributed by atoms with van der Waals surface area (Å²) in [4.78, 5) is 11.9. The van der Waals surface area contributed by atoms with Gasteiger partial charge in [-0.15, -0.1) is 12.4 Å². The summed E-state index contributed by atoms with van der Waals surface area (Å²) in [5, 5.41) is 16.2. The predicted molar refractivity (Wildman–Crippen MR) is 77.3 cm³/mol. The topological polar surface area (TPSA) is 61.4 Å². The van der Waals surface area contributed by atoms with E-state index in [4.69, 9.17) is 0 Å². The minimum atomic E-state index is -1.07. The van der Waals surface area contributed by atoms with Crippen molar-refractivity contribution in [1.82, 2.24) is 10.6 Å². The molecule has 1 aliphatic rings. The second-order valence-electron chi connectivity index (χ2n) is 4.90. The normalized spacial score (nSPS) is 24.1. The van der Waals surface area contributed by atoms with Gasteiger partial charge in [0.15, 0.2) is 6.10 Å². The molecule has 1 amide bonds. The quantitative estimate of drug-likeness (QED) is 0.786. The molecule has 2 rings (SSSR count). The van der Waals surface area contributed by atoms with Crippen LogP contribution in [0.1, 0.15) is 31.4 Å². The van der Waals surface area contributed by atoms with E-state index in [-0.39, 0.29) is 24.4 Å². The van der Waals surface area contributed by atoms with Crippen molar-refractivity contribution in [3.8, 4) is 0 Å². The second kappa shape index (κ2) is 7.48. The van der Waals surface area contributed by atoms with Gasteiger partial charge in [0, 0.05) is 12.1 Å². The molecule has 1 aromatic rings. The SMILES string of the molecule is CC1CC(NC(=O)C(O)c2ccccc2)CCN1.Cl. The Bertz CT molecular complexity index is 400. The summed E-state index contributed by atoms with van der Waals surface area (Å²) in [5.74, 6) is -0.305. The number of aliphatic hydroxyl groups is 1. The molecule has 0 saturated carbocycles. The molecule has 1 aromatic carbocycles. The van der Waals surface area contributed by atoms with E-state index in [0.29, 0.717) is 11.6 Å². The number of rotatable bonds is 3. The van der Waals surface area contributed by atoms with E-state index in [9.17, 15) is 9.90 Å². The number of carbonyl (C=O) groups excluding carboxylic acids is 1. The number of aliphatic hydroxyl groups excluding tert-OH is 1. The zero-order valence-corrected chi connectivity index (χ0v) is 11.8. The summed E-state index contributed by atoms with van der Waals surface area (Å²) in [5.41, 5.74) is 0.636. The maximum absolute atomic E-state index is 11.9. The molecule has 19 heavy (non-hydrogen) atoms. The number of hydrogen-bond donors (Lipinski definition) is 3. The predicted octanol–water partition coefficient (Wildman–Crippen LogP) is 1.40. The van der Waals surface area contributed by atoms with Crippen LogP contribution in [0.5, 0.6) is 0 Å². The highest BCUT2D eigenvalue weighted by molar-refractivity contribution is 5.85. The van der Waals surface area contributed by atoms with Gasteiger partial charge in [-0.1, -0.05) is 30.3 Å². The van der Waals surface area contributed by atoms with Crippen LogP contribution in [0.25, 0.3) is 0 Å². The van der Waals surface area contributed by atoms with Crippen LogP contribution in [0.15, 0.2) is 30.3 Å². The Morgan fingerprint density at radius 2 is 2.11 bits per heavy atom. The van der Waals surface area contributed by atoms with Crippen molar-refractivity contribution >= 4 is 18.3 Å². The third-order valence-electron chi connectivity index (χ3n) is 3.33. The fourth-order valence-electron chi connectivity index (χ4n) is 2.33. The lowest BCUT2D eigenvalue weighted by Crippen LogP contribution is -2.47. The summed E-state index contributed by atoms with van der Waals surface area (Å²) in [6, 6.07) is 9.59. The van der Waals surface area contributed by atoms with Crippen molar-refractivity contribution in [2.75, 3.05) is 6.54 Å². The van der Waals surface area contributed by atoms with Crippen LogP contribution in [0.3, 0.4) is 0 Å². The molecule has 1 saturated heterocycles. The molecule has 3 N–H and O–H groups in total. The minimum absolute atomic E-state index is 0. The molecular formula is C14H21ClN2O2. The van der Waals surface area contributed by atoms with Crippen molar-refractivity contribution in [2.45, 2.75) is 38.0 Å². The van der Waals surface area contributed by atoms with Gasteiger partial charge in [0.05, 0.1) is 0 Å². The third kappa shape index (κ3) is 4.49. The van der Waals surface area contributed by atoms with Gasteiger partial charge >= 0.3 is 0 Å². The Hall–Kier alpha value is -1.10. The number of hydrogen-bond acceptors (Lipinski definition) is 3. The van der Waals surface area contributed by atoms with Gasteiger partial charge in [-0.25, -0.2) is 0 Å². The lowest BCUT2D eigenvalue weighted by Gasteiger charge is -2.29. The van der Waals surface area contributed by atoms with Gasteiger partial charge in [-0.2, -0.15) is 0 Å². The largest absolute Gasteiger partial charge is 0.378 e. The summed E-state index contributed by atoms with van der Waals surface area (Å²) in [6.45, 7) is 3.01. The van der Waals surface area contributed by atoms with Crippen molar-refractivity contribution in [3.05, 3.63) is 35.9 Å². The fourth-order valence-corrected chi connectivity index (χ4v) is 2.33. The maximum atomic E-state index is 11.9. The molecular weight excluding hydrogens is 264 g/mol. The first-order valence-electron chi connectivity index (χ1n) is 6.43. The van der Waals surface area contributed by atoms with Crippen LogP contribution in [0.2, 0.25) is 0 Å². The molecule has 1 fully saturated rings. The molecule has 1 aliphatic heterocycles. The van der Waals surface area contributed by atoms with Gasteiger partial charge in [-0.05, 0) is 31.9 Å². The van der Waals surface area contributed by atoms with Crippen LogP contribution >= 0.6 is 12.4 Å². The minimum Gasteiger partial charge on any atom is -0.378 e. The fraction of sp³-hybridized carbons (Fsp3) is 0.500. The van der Waals surface area contributed by atoms with E-state index in [1.54, 1.807) is 12.1 Å². The molecule has 1 heterocycles. The third-order valence-corrected chi connectivity index (χ3v) is 3.33. The van der Waals surface area contributed by atoms with Crippen LogP contribution in [-0.4, -0.2) is 29.6 Å². The molecule has 0 radical (unpaired) electrons. The first-order valence-corrected chi connectivity index (χ1v) is 6.43. The number of nitrogens with one attached hydrogen (secondary N) is 2. The zero-order valence-electron chi connectivity index (χ0n) is 11.0. The first-order chi connectivity index (χ1) is 8.66. The van der Waals surface area contributed by atoms with E-state index < -0.39 is 6.10 Å². The van der Waals surface area contributed by atoms with E-state index in [1.807, 2.05) is 18.2 Å². The van der Waals surface area contributed by atoms with Crippen LogP contribution < -0.4 is 10.6 Å². The van der Waals surface area contributed by atoms with Crippen LogP contribution in [0.4, 0.5) is 0 Å². The van der Waals surface area contributed by atoms with E-state index in [1.165, 1.54) is 0 Å². The molecule has 4 nitrogen and oxygen atoms in total. The van der Waals surface area contributed by atoms with Gasteiger partial charge in [0.2, 0.25) is 0 Å². The maximum Gasteiger partial charge on any atom is 0.253 e. The van der Waals surface area contributed by atoms with Gasteiger partial charge in [0.1, 0.15) is 0 Å². The Balaban J connectivity index is 0.00000180. The highest BCUT2D eigenvalue weighted by Gasteiger charge is 2.23. The van der Waals surface area contributed by atoms with Crippen molar-refractivity contribution < 1.29 is 9.90 Å². The Kier molecular flexibility index (Phi) is 6.28. The smallest absolute Gasteiger partial charge is 0.253 e. The highest BCUT2D eigenvalue weighted by atomic mass is 35.5. The lowest BCUT2D eigenvalue weighted by molar-refractivity contribution is -0.130. The number of benzene rings is 1. The van der Waals surface area contributed by atoms with Gasteiger partial charge in [0.25, 0.3) is 5.91 Å². The number of carbonyl (C=O) groups is 1. The van der Waals surface area contributed by atoms with E-state index in [0.717, 1.165) is 19.4 Å². The lowest BCUT2D eigenvalue weighted by atomic mass is 10.00. The molecule has 106 valence electrons. The molecule has 5 heteroatoms. The van der Waals surface area contributed by atoms with Gasteiger partial charge < -0.3 is 15.7 Å². The van der Waals surface area contributed by atoms with Crippen LogP contribution in [0, 0.1) is 0 Å². The monoisotopic (exact) mass is 284 g/mol. The first kappa shape index (κ1) is 16.0. The Morgan fingerprint density at radius 1 is 1.42 bits per heavy atom. The summed E-state index contributed by atoms with van der Waals surface area (Å²) in [6.07, 6.45) is 0.751. The standard InChI is InChI=1S/C14H20N2O2.ClH/c1-10-9-12(7-8-15-10)16-14(18)13(17)11-5-3-2-4-6-11;/h2-6,10,12-13,15,17H,7-9H2,1H3,(H,16,18);1H. The summed E-state index contributed by atoms with van der Waals surface area (Å²) < 4.78 is 0. The second-order valence-corrected chi connectivity index (χ2v) is 4.90. The van der Waals surface area contributed by atoms with E-state index >= 15 is 0 Å². The number of amides is 1. The van der Waals surface area contributed by atoms with Crippen molar-refractivity contribution in [2.24, 2.45) is 0 Å². The Labute approximate surface area is 120 Å². The molecule has 3 atom stereocenters. The zero-order chi connectivity index (χ0) is 13.0. The summed E-state index contributed by atoms with van der Waals surface area (Å²) >= 11 is 0. The average Bonchev–Trinajstić information content (AvgIpc) is 2.39. The summed E-state index contributed by atoms with van der Waals surface area (Å²) in [7, 11) is 0. The molecule has 0 aromatic heterocycles. The number of halogens is 1. The molecule has 0 bridgehead atoms. The van der Waals surface area contributed by atoms with Gasteiger partial charge in [-0.3, -0.25) is 4.79 Å².